The Morgan fingerprint density at radius 2 is 2.43 bits per heavy atom. The molecule has 0 aliphatic carbocycles. The van der Waals surface area contributed by atoms with Gasteiger partial charge < -0.3 is 24.8 Å². The van der Waals surface area contributed by atoms with Crippen LogP contribution in [0, 0.1) is 0 Å². The number of nitrogens with zero attached hydrogens (tertiary/aromatic N) is 3. The van der Waals surface area contributed by atoms with Gasteiger partial charge in [0.25, 0.3) is 5.88 Å². The quantitative estimate of drug-likeness (QED) is 0.787. The van der Waals surface area contributed by atoms with Crippen molar-refractivity contribution in [3.63, 3.8) is 0 Å². The molecule has 0 radical (unpaired) electrons. The van der Waals surface area contributed by atoms with E-state index in [4.69, 9.17) is 27.3 Å². The fourth-order valence-electron chi connectivity index (χ4n) is 1.31. The van der Waals surface area contributed by atoms with Crippen LogP contribution in [0.15, 0.2) is 0 Å². The number of rotatable bonds is 6. The van der Waals surface area contributed by atoms with Gasteiger partial charge in [-0.2, -0.15) is 4.37 Å². The molecule has 7 nitrogen and oxygen atoms in total. The minimum absolute atomic E-state index is 0.275. The molecule has 1 aliphatic rings. The fourth-order valence-corrected chi connectivity index (χ4v) is 1.82. The molecule has 1 fully saturated rings. The predicted octanol–water partition coefficient (Wildman–Crippen LogP) is 0.502. The van der Waals surface area contributed by atoms with Crippen molar-refractivity contribution in [3.05, 3.63) is 0 Å². The zero-order valence-electron chi connectivity index (χ0n) is 24.1. The molecule has 0 saturated carbocycles. The molecule has 120 valence electrons. The van der Waals surface area contributed by atoms with Crippen LogP contribution >= 0.6 is 11.7 Å². The van der Waals surface area contributed by atoms with Crippen LogP contribution in [0.1, 0.15) is 38.4 Å². The number of morpholine rings is 1. The molecule has 0 bridgehead atoms. The summed E-state index contributed by atoms with van der Waals surface area (Å²) in [4.78, 5) is 1.06. The van der Waals surface area contributed by atoms with Crippen LogP contribution in [0.4, 0.5) is 5.82 Å². The van der Waals surface area contributed by atoms with E-state index in [-0.39, 0.29) is 5.82 Å². The van der Waals surface area contributed by atoms with Crippen LogP contribution in [0.25, 0.3) is 0 Å². The topological polar surface area (TPSA) is 79.7 Å². The molecule has 2 N–H and O–H groups in total. The second-order valence-electron chi connectivity index (χ2n) is 4.27. The Morgan fingerprint density at radius 3 is 3.14 bits per heavy atom. The molecule has 8 heteroatoms. The zero-order valence-corrected chi connectivity index (χ0v) is 12.0. The first-order valence-electron chi connectivity index (χ1n) is 12.4. The number of hydrogen-bond acceptors (Lipinski definition) is 8. The second kappa shape index (κ2) is 7.35. The molecule has 0 amide bonds. The van der Waals surface area contributed by atoms with Crippen LogP contribution in [-0.4, -0.2) is 64.8 Å². The van der Waals surface area contributed by atoms with Crippen molar-refractivity contribution in [2.45, 2.75) is 32.2 Å². The maximum absolute atomic E-state index is 10.4. The number of nitrogens with one attached hydrogen (secondary N) is 1. The van der Waals surface area contributed by atoms with Crippen LogP contribution < -0.4 is 15.0 Å². The number of aliphatic hydroxyl groups is 1. The smallest absolute Gasteiger partial charge is 0.270 e. The maximum atomic E-state index is 10.4. The Balaban J connectivity index is 2.26. The second-order valence-corrected chi connectivity index (χ2v) is 4.80. The average Bonchev–Trinajstić information content (AvgIpc) is 3.02. The summed E-state index contributed by atoms with van der Waals surface area (Å²) in [6, 6.07) is 0. The Labute approximate surface area is 147 Å². The van der Waals surface area contributed by atoms with Crippen molar-refractivity contribution in [1.82, 2.24) is 14.1 Å². The van der Waals surface area contributed by atoms with E-state index < -0.39 is 70.5 Å². The normalized spacial score (nSPS) is 35.1. The molecule has 1 aromatic rings. The van der Waals surface area contributed by atoms with Crippen molar-refractivity contribution in [2.75, 3.05) is 44.2 Å². The monoisotopic (exact) mass is 329 g/mol. The highest BCUT2D eigenvalue weighted by molar-refractivity contribution is 6.99. The van der Waals surface area contributed by atoms with Crippen molar-refractivity contribution in [3.8, 4) is 5.88 Å². The van der Waals surface area contributed by atoms with Crippen molar-refractivity contribution < 1.29 is 32.4 Å². The fraction of sp³-hybridized carbons (Fsp3) is 0.846. The molecule has 1 aliphatic heterocycles. The number of β-amino-alcohol motifs (C(OH)–C–C–N with tert-alkyl or cyclic N) is 1. The lowest BCUT2D eigenvalue weighted by Gasteiger charge is -2.27. The highest BCUT2D eigenvalue weighted by atomic mass is 32.1. The Morgan fingerprint density at radius 1 is 1.67 bits per heavy atom. The summed E-state index contributed by atoms with van der Waals surface area (Å²) in [5, 5.41) is 12.5. The van der Waals surface area contributed by atoms with Crippen LogP contribution in [0.2, 0.25) is 0 Å². The van der Waals surface area contributed by atoms with E-state index in [0.717, 1.165) is 11.8 Å². The average molecular weight is 330 g/mol. The maximum Gasteiger partial charge on any atom is 0.270 e. The highest BCUT2D eigenvalue weighted by Crippen LogP contribution is 2.26. The third kappa shape index (κ3) is 5.39. The van der Waals surface area contributed by atoms with Gasteiger partial charge in [-0.3, -0.25) is 0 Å². The Bertz CT molecular complexity index is 843. The molecule has 2 heterocycles. The number of hydrogen-bond donors (Lipinski definition) is 2. The van der Waals surface area contributed by atoms with Crippen molar-refractivity contribution >= 4 is 17.5 Å². The first kappa shape index (κ1) is 6.27. The standard InChI is InChI=1S/C13H24N4O3S/c1-13(2,3)14-8-10(18)9-20-12-11(15-21-16-12)17-4-6-19-7-5-17/h10,14,18H,4-9H2,1-3H3/t10-/m0/s1/i1D3,2D3,6D2,7D2,9D2,10D. The van der Waals surface area contributed by atoms with Gasteiger partial charge in [0.05, 0.1) is 34.4 Å². The van der Waals surface area contributed by atoms with E-state index in [1.54, 1.807) is 0 Å². The van der Waals surface area contributed by atoms with E-state index in [1.807, 2.05) is 0 Å². The molecular weight excluding hydrogens is 292 g/mol. The number of ether oxygens (including phenoxy) is 2. The highest BCUT2D eigenvalue weighted by Gasteiger charge is 2.21. The van der Waals surface area contributed by atoms with Gasteiger partial charge in [-0.15, -0.1) is 4.37 Å². The third-order valence-corrected chi connectivity index (χ3v) is 2.77. The first-order valence-corrected chi connectivity index (χ1v) is 6.60. The molecule has 1 saturated heterocycles. The molecule has 0 aromatic carbocycles. The Kier molecular flexibility index (Phi) is 2.19. The molecule has 1 aromatic heterocycles. The molecule has 1 atom stereocenters. The van der Waals surface area contributed by atoms with E-state index >= 15 is 0 Å². The van der Waals surface area contributed by atoms with Gasteiger partial charge in [-0.1, -0.05) is 0 Å². The predicted molar refractivity (Wildman–Crippen MR) is 82.2 cm³/mol. The van der Waals surface area contributed by atoms with Crippen molar-refractivity contribution in [2.24, 2.45) is 0 Å². The Hall–Kier alpha value is -0.960. The summed E-state index contributed by atoms with van der Waals surface area (Å²) in [5.41, 5.74) is -2.59. The van der Waals surface area contributed by atoms with Gasteiger partial charge >= 0.3 is 0 Å². The first-order chi connectivity index (χ1) is 14.9. The van der Waals surface area contributed by atoms with Gasteiger partial charge in [-0.25, -0.2) is 0 Å². The molecule has 0 unspecified atom stereocenters. The van der Waals surface area contributed by atoms with Gasteiger partial charge in [0, 0.05) is 33.4 Å². The summed E-state index contributed by atoms with van der Waals surface area (Å²) in [6.07, 6.45) is -3.24. The van der Waals surface area contributed by atoms with Crippen LogP contribution in [0.5, 0.6) is 5.88 Å². The third-order valence-electron chi connectivity index (χ3n) is 2.27. The van der Waals surface area contributed by atoms with E-state index in [0.29, 0.717) is 11.7 Å². The van der Waals surface area contributed by atoms with Gasteiger partial charge in [-0.05, 0) is 20.6 Å². The van der Waals surface area contributed by atoms with Gasteiger partial charge in [0.1, 0.15) is 12.6 Å². The lowest BCUT2D eigenvalue weighted by atomic mass is 10.1. The summed E-state index contributed by atoms with van der Waals surface area (Å²) < 4.78 is 117. The lowest BCUT2D eigenvalue weighted by Crippen LogP contribution is -2.42. The molecular formula is C13H24N4O3S. The lowest BCUT2D eigenvalue weighted by molar-refractivity contribution is 0.0975. The van der Waals surface area contributed by atoms with Crippen LogP contribution in [-0.2, 0) is 4.74 Å². The van der Waals surface area contributed by atoms with Crippen LogP contribution in [0.3, 0.4) is 0 Å². The summed E-state index contributed by atoms with van der Waals surface area (Å²) in [5.74, 6) is -0.868. The summed E-state index contributed by atoms with van der Waals surface area (Å²) >= 11 is 0.510. The minimum Gasteiger partial charge on any atom is -0.472 e. The molecule has 0 spiro atoms. The van der Waals surface area contributed by atoms with E-state index in [2.05, 4.69) is 14.1 Å². The number of aromatic nitrogens is 2. The SMILES string of the molecule is [2H]C1([2H])CN(c2nsnc2OC([2H])([2H])[C@@]([2H])(O)CNC(C)(C([2H])([2H])[2H])C([2H])([2H])[2H])CC([2H])([2H])O1. The van der Waals surface area contributed by atoms with Gasteiger partial charge in [0.2, 0.25) is 5.82 Å². The zero-order chi connectivity index (χ0) is 26.6. The summed E-state index contributed by atoms with van der Waals surface area (Å²) in [7, 11) is 0. The minimum atomic E-state index is -3.31. The molecule has 2 rings (SSSR count). The largest absolute Gasteiger partial charge is 0.472 e. The van der Waals surface area contributed by atoms with Crippen molar-refractivity contribution in [1.29, 1.82) is 0 Å². The number of anilines is 1. The molecule has 21 heavy (non-hydrogen) atoms. The summed E-state index contributed by atoms with van der Waals surface area (Å²) in [6.45, 7) is -15.8. The van der Waals surface area contributed by atoms with E-state index in [9.17, 15) is 5.11 Å². The van der Waals surface area contributed by atoms with E-state index in [1.165, 1.54) is 0 Å². The van der Waals surface area contributed by atoms with Gasteiger partial charge in [0.15, 0.2) is 0 Å².